The Hall–Kier alpha value is -1.94. The van der Waals surface area contributed by atoms with E-state index in [1.54, 1.807) is 0 Å². The molecule has 8 nitrogen and oxygen atoms in total. The number of carboxylic acids is 1. The van der Waals surface area contributed by atoms with Crippen molar-refractivity contribution in [3.8, 4) is 0 Å². The molecule has 2 heterocycles. The first-order chi connectivity index (χ1) is 11.6. The van der Waals surface area contributed by atoms with Gasteiger partial charge in [-0.05, 0) is 18.9 Å². The number of thiophene rings is 1. The van der Waals surface area contributed by atoms with Crippen LogP contribution < -0.4 is 0 Å². The predicted octanol–water partition coefficient (Wildman–Crippen LogP) is 0.547. The minimum absolute atomic E-state index is 0.0934. The Kier molecular flexibility index (Phi) is 5.83. The average molecular weight is 388 g/mol. The van der Waals surface area contributed by atoms with Crippen LogP contribution in [0.1, 0.15) is 23.2 Å². The molecule has 1 fully saturated rings. The Morgan fingerprint density at radius 3 is 2.64 bits per heavy atom. The summed E-state index contributed by atoms with van der Waals surface area (Å²) in [4.78, 5) is 38.4. The zero-order chi connectivity index (χ0) is 18.8. The number of hydrogen-bond donors (Lipinski definition) is 1. The van der Waals surface area contributed by atoms with Gasteiger partial charge in [0.1, 0.15) is 4.21 Å². The van der Waals surface area contributed by atoms with Crippen LogP contribution in [0.5, 0.6) is 0 Å². The Morgan fingerprint density at radius 2 is 2.08 bits per heavy atom. The first kappa shape index (κ1) is 19.4. The molecule has 0 aliphatic carbocycles. The van der Waals surface area contributed by atoms with Crippen molar-refractivity contribution in [2.75, 3.05) is 32.9 Å². The van der Waals surface area contributed by atoms with E-state index >= 15 is 0 Å². The lowest BCUT2D eigenvalue weighted by Crippen LogP contribution is -2.46. The standard InChI is InChI=1S/C15H20N2O6S2/c1-16(14(19)11-6-13(24-9-11)25(2,22)23)8-12(18)17-5-3-4-10(7-17)15(20)21/h6,9-10H,3-5,7-8H2,1-2H3,(H,20,21). The molecule has 1 aliphatic heterocycles. The molecule has 1 unspecified atom stereocenters. The molecule has 1 aromatic rings. The molecular weight excluding hydrogens is 368 g/mol. The molecule has 138 valence electrons. The van der Waals surface area contributed by atoms with Crippen molar-refractivity contribution >= 4 is 39.0 Å². The van der Waals surface area contributed by atoms with Crippen molar-refractivity contribution in [3.63, 3.8) is 0 Å². The molecule has 1 aromatic heterocycles. The number of rotatable bonds is 5. The number of piperidine rings is 1. The van der Waals surface area contributed by atoms with E-state index in [1.807, 2.05) is 0 Å². The molecule has 1 N–H and O–H groups in total. The van der Waals surface area contributed by atoms with Gasteiger partial charge in [-0.3, -0.25) is 14.4 Å². The van der Waals surface area contributed by atoms with Crippen LogP contribution in [-0.2, 0) is 19.4 Å². The first-order valence-electron chi connectivity index (χ1n) is 7.64. The molecule has 0 aromatic carbocycles. The van der Waals surface area contributed by atoms with Crippen LogP contribution >= 0.6 is 11.3 Å². The highest BCUT2D eigenvalue weighted by atomic mass is 32.2. The number of aliphatic carboxylic acids is 1. The molecule has 10 heteroatoms. The van der Waals surface area contributed by atoms with Crippen LogP contribution in [0.3, 0.4) is 0 Å². The fourth-order valence-electron chi connectivity index (χ4n) is 2.62. The molecule has 1 saturated heterocycles. The third-order valence-electron chi connectivity index (χ3n) is 4.03. The van der Waals surface area contributed by atoms with Gasteiger partial charge in [0.2, 0.25) is 5.91 Å². The van der Waals surface area contributed by atoms with Crippen molar-refractivity contribution in [3.05, 3.63) is 17.0 Å². The maximum Gasteiger partial charge on any atom is 0.308 e. The molecule has 0 spiro atoms. The smallest absolute Gasteiger partial charge is 0.308 e. The lowest BCUT2D eigenvalue weighted by molar-refractivity contribution is -0.145. The minimum atomic E-state index is -3.38. The molecule has 0 radical (unpaired) electrons. The fourth-order valence-corrected chi connectivity index (χ4v) is 4.42. The summed E-state index contributed by atoms with van der Waals surface area (Å²) in [6.07, 6.45) is 2.22. The fraction of sp³-hybridized carbons (Fsp3) is 0.533. The summed E-state index contributed by atoms with van der Waals surface area (Å²) in [5.41, 5.74) is 0.211. The third-order valence-corrected chi connectivity index (χ3v) is 6.80. The van der Waals surface area contributed by atoms with Crippen molar-refractivity contribution in [1.29, 1.82) is 0 Å². The number of likely N-dealkylation sites (tertiary alicyclic amines) is 1. The molecule has 2 amide bonds. The van der Waals surface area contributed by atoms with Crippen LogP contribution in [0.2, 0.25) is 0 Å². The van der Waals surface area contributed by atoms with E-state index in [1.165, 1.54) is 28.3 Å². The average Bonchev–Trinajstić information content (AvgIpc) is 3.04. The van der Waals surface area contributed by atoms with Gasteiger partial charge in [0.25, 0.3) is 5.91 Å². The number of nitrogens with zero attached hydrogens (tertiary/aromatic N) is 2. The summed E-state index contributed by atoms with van der Waals surface area (Å²) in [5, 5.41) is 10.5. The predicted molar refractivity (Wildman–Crippen MR) is 91.3 cm³/mol. The van der Waals surface area contributed by atoms with Gasteiger partial charge in [-0.2, -0.15) is 0 Å². The number of likely N-dealkylation sites (N-methyl/N-ethyl adjacent to an activating group) is 1. The van der Waals surface area contributed by atoms with Gasteiger partial charge in [0.15, 0.2) is 9.84 Å². The SMILES string of the molecule is CN(CC(=O)N1CCCC(C(=O)O)C1)C(=O)c1csc(S(C)(=O)=O)c1. The normalized spacial score (nSPS) is 18.0. The van der Waals surface area contributed by atoms with Crippen molar-refractivity contribution < 1.29 is 27.9 Å². The first-order valence-corrected chi connectivity index (χ1v) is 10.4. The third kappa shape index (κ3) is 4.79. The zero-order valence-corrected chi connectivity index (χ0v) is 15.6. The van der Waals surface area contributed by atoms with E-state index in [2.05, 4.69) is 0 Å². The number of amides is 2. The summed E-state index contributed by atoms with van der Waals surface area (Å²) in [5.74, 6) is -2.27. The summed E-state index contributed by atoms with van der Waals surface area (Å²) < 4.78 is 23.1. The summed E-state index contributed by atoms with van der Waals surface area (Å²) in [6.45, 7) is 0.434. The second-order valence-electron chi connectivity index (χ2n) is 6.10. The molecule has 25 heavy (non-hydrogen) atoms. The highest BCUT2D eigenvalue weighted by Crippen LogP contribution is 2.21. The van der Waals surface area contributed by atoms with Crippen LogP contribution in [-0.4, -0.2) is 74.0 Å². The van der Waals surface area contributed by atoms with Gasteiger partial charge in [-0.25, -0.2) is 8.42 Å². The quantitative estimate of drug-likeness (QED) is 0.788. The van der Waals surface area contributed by atoms with Gasteiger partial charge >= 0.3 is 5.97 Å². The highest BCUT2D eigenvalue weighted by Gasteiger charge is 2.29. The number of hydrogen-bond acceptors (Lipinski definition) is 6. The lowest BCUT2D eigenvalue weighted by Gasteiger charge is -2.32. The van der Waals surface area contributed by atoms with Crippen LogP contribution in [0.4, 0.5) is 0 Å². The van der Waals surface area contributed by atoms with Crippen LogP contribution in [0.25, 0.3) is 0 Å². The summed E-state index contributed by atoms with van der Waals surface area (Å²) in [6, 6.07) is 1.30. The van der Waals surface area contributed by atoms with Gasteiger partial charge < -0.3 is 14.9 Å². The van der Waals surface area contributed by atoms with E-state index in [0.717, 1.165) is 17.6 Å². The van der Waals surface area contributed by atoms with E-state index in [-0.39, 0.29) is 28.8 Å². The maximum absolute atomic E-state index is 12.3. The molecule has 1 aliphatic rings. The molecule has 0 saturated carbocycles. The zero-order valence-electron chi connectivity index (χ0n) is 14.0. The number of carbonyl (C=O) groups excluding carboxylic acids is 2. The molecule has 2 rings (SSSR count). The van der Waals surface area contributed by atoms with Gasteiger partial charge in [-0.15, -0.1) is 11.3 Å². The molecule has 1 atom stereocenters. The highest BCUT2D eigenvalue weighted by molar-refractivity contribution is 7.92. The Morgan fingerprint density at radius 1 is 1.40 bits per heavy atom. The van der Waals surface area contributed by atoms with Gasteiger partial charge in [0.05, 0.1) is 18.0 Å². The Bertz CT molecular complexity index is 786. The molecular formula is C15H20N2O6S2. The second-order valence-corrected chi connectivity index (χ2v) is 9.26. The molecule has 0 bridgehead atoms. The summed E-state index contributed by atoms with van der Waals surface area (Å²) >= 11 is 0.957. The number of sulfone groups is 1. The number of carbonyl (C=O) groups is 3. The van der Waals surface area contributed by atoms with Gasteiger partial charge in [0, 0.05) is 31.8 Å². The van der Waals surface area contributed by atoms with Gasteiger partial charge in [-0.1, -0.05) is 0 Å². The second kappa shape index (κ2) is 7.52. The van der Waals surface area contributed by atoms with E-state index in [9.17, 15) is 22.8 Å². The Balaban J connectivity index is 1.99. The number of carboxylic acid groups (broad SMARTS) is 1. The van der Waals surface area contributed by atoms with E-state index in [0.29, 0.717) is 19.4 Å². The Labute approximate surface area is 150 Å². The van der Waals surface area contributed by atoms with Crippen molar-refractivity contribution in [2.24, 2.45) is 5.92 Å². The maximum atomic E-state index is 12.3. The summed E-state index contributed by atoms with van der Waals surface area (Å²) in [7, 11) is -1.92. The van der Waals surface area contributed by atoms with Crippen molar-refractivity contribution in [1.82, 2.24) is 9.80 Å². The monoisotopic (exact) mass is 388 g/mol. The van der Waals surface area contributed by atoms with Crippen molar-refractivity contribution in [2.45, 2.75) is 17.1 Å². The van der Waals surface area contributed by atoms with E-state index < -0.39 is 27.6 Å². The minimum Gasteiger partial charge on any atom is -0.481 e. The van der Waals surface area contributed by atoms with E-state index in [4.69, 9.17) is 5.11 Å². The lowest BCUT2D eigenvalue weighted by atomic mass is 9.98. The van der Waals surface area contributed by atoms with Crippen LogP contribution in [0, 0.1) is 5.92 Å². The topological polar surface area (TPSA) is 112 Å². The van der Waals surface area contributed by atoms with Crippen LogP contribution in [0.15, 0.2) is 15.7 Å². The largest absolute Gasteiger partial charge is 0.481 e.